The monoisotopic (exact) mass is 286 g/mol. The molecule has 1 aliphatic rings. The number of methoxy groups -OCH3 is 1. The van der Waals surface area contributed by atoms with Crippen LogP contribution in [0.5, 0.6) is 5.75 Å². The Morgan fingerprint density at radius 1 is 1.38 bits per heavy atom. The van der Waals surface area contributed by atoms with E-state index < -0.39 is 0 Å². The predicted octanol–water partition coefficient (Wildman–Crippen LogP) is 1.56. The number of H-pyrrole nitrogens is 1. The van der Waals surface area contributed by atoms with Crippen molar-refractivity contribution in [3.63, 3.8) is 0 Å². The molecular formula is C16H22N4O. The van der Waals surface area contributed by atoms with Crippen LogP contribution in [0.3, 0.4) is 0 Å². The maximum absolute atomic E-state index is 5.42. The Kier molecular flexibility index (Phi) is 4.22. The summed E-state index contributed by atoms with van der Waals surface area (Å²) in [6, 6.07) is 8.64. The fourth-order valence-electron chi connectivity index (χ4n) is 2.92. The number of benzene rings is 1. The van der Waals surface area contributed by atoms with Crippen LogP contribution in [0, 0.1) is 0 Å². The van der Waals surface area contributed by atoms with Gasteiger partial charge in [-0.25, -0.2) is 4.98 Å². The Labute approximate surface area is 125 Å². The molecule has 0 radical (unpaired) electrons. The average molecular weight is 286 g/mol. The van der Waals surface area contributed by atoms with Gasteiger partial charge >= 0.3 is 0 Å². The van der Waals surface area contributed by atoms with Gasteiger partial charge in [-0.2, -0.15) is 0 Å². The van der Waals surface area contributed by atoms with Gasteiger partial charge in [-0.1, -0.05) is 18.2 Å². The van der Waals surface area contributed by atoms with Gasteiger partial charge in [-0.05, 0) is 13.1 Å². The highest BCUT2D eigenvalue weighted by atomic mass is 16.5. The number of imidazole rings is 1. The first-order valence-corrected chi connectivity index (χ1v) is 7.31. The average Bonchev–Trinajstić information content (AvgIpc) is 2.95. The van der Waals surface area contributed by atoms with Crippen LogP contribution < -0.4 is 10.1 Å². The maximum atomic E-state index is 5.42. The molecule has 2 aromatic rings. The molecule has 0 amide bonds. The first-order chi connectivity index (χ1) is 10.3. The molecule has 0 bridgehead atoms. The highest BCUT2D eigenvalue weighted by Gasteiger charge is 2.21. The van der Waals surface area contributed by atoms with Gasteiger partial charge in [0.25, 0.3) is 0 Å². The van der Waals surface area contributed by atoms with Crippen LogP contribution in [-0.2, 0) is 19.5 Å². The van der Waals surface area contributed by atoms with Gasteiger partial charge in [0.05, 0.1) is 24.8 Å². The number of hydrogen-bond donors (Lipinski definition) is 2. The fraction of sp³-hybridized carbons (Fsp3) is 0.438. The third-order valence-electron chi connectivity index (χ3n) is 3.98. The van der Waals surface area contributed by atoms with Gasteiger partial charge in [-0.15, -0.1) is 0 Å². The number of para-hydroxylation sites is 1. The lowest BCUT2D eigenvalue weighted by Crippen LogP contribution is -2.43. The van der Waals surface area contributed by atoms with Crippen molar-refractivity contribution in [2.75, 3.05) is 20.7 Å². The minimum Gasteiger partial charge on any atom is -0.496 e. The van der Waals surface area contributed by atoms with Gasteiger partial charge in [0.1, 0.15) is 5.75 Å². The molecule has 5 heteroatoms. The molecule has 2 heterocycles. The highest BCUT2D eigenvalue weighted by molar-refractivity contribution is 5.33. The predicted molar refractivity (Wildman–Crippen MR) is 82.2 cm³/mol. The first-order valence-electron chi connectivity index (χ1n) is 7.31. The number of ether oxygens (including phenoxy) is 1. The lowest BCUT2D eigenvalue weighted by Gasteiger charge is -2.28. The van der Waals surface area contributed by atoms with Crippen LogP contribution in [0.25, 0.3) is 0 Å². The minimum atomic E-state index is 0.445. The van der Waals surface area contributed by atoms with E-state index in [0.717, 1.165) is 31.8 Å². The third-order valence-corrected chi connectivity index (χ3v) is 3.98. The van der Waals surface area contributed by atoms with Crippen molar-refractivity contribution in [2.45, 2.75) is 25.6 Å². The largest absolute Gasteiger partial charge is 0.496 e. The molecule has 112 valence electrons. The van der Waals surface area contributed by atoms with E-state index in [1.165, 1.54) is 17.0 Å². The Morgan fingerprint density at radius 2 is 2.24 bits per heavy atom. The number of fused-ring (bicyclic) bond motifs is 1. The standard InChI is InChI=1S/C16H22N4O/c1-20(9-12-5-3-4-6-16(12)21-2)10-13-7-14-15(8-17-13)19-11-18-14/h3-6,11,13,17H,7-10H2,1-2H3,(H,18,19). The Hall–Kier alpha value is -1.85. The topological polar surface area (TPSA) is 53.2 Å². The summed E-state index contributed by atoms with van der Waals surface area (Å²) in [4.78, 5) is 9.90. The number of likely N-dealkylation sites (N-methyl/N-ethyl adjacent to an activating group) is 1. The SMILES string of the molecule is COc1ccccc1CN(C)CC1Cc2nc[nH]c2CN1. The molecule has 0 saturated heterocycles. The van der Waals surface area contributed by atoms with E-state index >= 15 is 0 Å². The van der Waals surface area contributed by atoms with Crippen molar-refractivity contribution in [1.29, 1.82) is 0 Å². The number of aromatic nitrogens is 2. The van der Waals surface area contributed by atoms with Crippen molar-refractivity contribution in [1.82, 2.24) is 20.2 Å². The van der Waals surface area contributed by atoms with E-state index in [9.17, 15) is 0 Å². The number of rotatable bonds is 5. The van der Waals surface area contributed by atoms with Gasteiger partial charge in [0.2, 0.25) is 0 Å². The second-order valence-corrected chi connectivity index (χ2v) is 5.62. The summed E-state index contributed by atoms with van der Waals surface area (Å²) in [5.41, 5.74) is 3.64. The van der Waals surface area contributed by atoms with Gasteiger partial charge in [0, 0.05) is 37.7 Å². The van der Waals surface area contributed by atoms with Crippen LogP contribution in [0.15, 0.2) is 30.6 Å². The molecule has 1 atom stereocenters. The van der Waals surface area contributed by atoms with Gasteiger partial charge in [-0.3, -0.25) is 0 Å². The molecule has 5 nitrogen and oxygen atoms in total. The van der Waals surface area contributed by atoms with Crippen LogP contribution in [0.1, 0.15) is 17.0 Å². The molecule has 1 aromatic carbocycles. The quantitative estimate of drug-likeness (QED) is 0.876. The van der Waals surface area contributed by atoms with Gasteiger partial charge < -0.3 is 19.9 Å². The molecule has 0 fully saturated rings. The number of hydrogen-bond acceptors (Lipinski definition) is 4. The molecule has 1 aliphatic heterocycles. The lowest BCUT2D eigenvalue weighted by atomic mass is 10.0. The molecule has 0 aliphatic carbocycles. The zero-order valence-corrected chi connectivity index (χ0v) is 12.6. The normalized spacial score (nSPS) is 17.8. The Bertz CT molecular complexity index is 595. The van der Waals surface area contributed by atoms with Crippen LogP contribution in [0.2, 0.25) is 0 Å². The minimum absolute atomic E-state index is 0.445. The van der Waals surface area contributed by atoms with E-state index in [-0.39, 0.29) is 0 Å². The Balaban J connectivity index is 1.58. The van der Waals surface area contributed by atoms with Crippen molar-refractivity contribution >= 4 is 0 Å². The molecule has 21 heavy (non-hydrogen) atoms. The number of nitrogens with one attached hydrogen (secondary N) is 2. The Morgan fingerprint density at radius 3 is 3.10 bits per heavy atom. The molecule has 1 aromatic heterocycles. The van der Waals surface area contributed by atoms with E-state index in [4.69, 9.17) is 4.74 Å². The van der Waals surface area contributed by atoms with Crippen LogP contribution in [-0.4, -0.2) is 41.6 Å². The van der Waals surface area contributed by atoms with E-state index in [1.807, 2.05) is 12.1 Å². The summed E-state index contributed by atoms with van der Waals surface area (Å²) in [6.07, 6.45) is 2.77. The third kappa shape index (κ3) is 3.25. The smallest absolute Gasteiger partial charge is 0.123 e. The zero-order chi connectivity index (χ0) is 14.7. The van der Waals surface area contributed by atoms with Gasteiger partial charge in [0.15, 0.2) is 0 Å². The molecule has 2 N–H and O–H groups in total. The molecule has 1 unspecified atom stereocenters. The molecule has 0 saturated carbocycles. The summed E-state index contributed by atoms with van der Waals surface area (Å²) in [5.74, 6) is 0.954. The zero-order valence-electron chi connectivity index (χ0n) is 12.6. The molecule has 3 rings (SSSR count). The lowest BCUT2D eigenvalue weighted by molar-refractivity contribution is 0.268. The summed E-state index contributed by atoms with van der Waals surface area (Å²) in [5, 5.41) is 3.56. The van der Waals surface area contributed by atoms with Crippen molar-refractivity contribution in [3.05, 3.63) is 47.5 Å². The van der Waals surface area contributed by atoms with Crippen molar-refractivity contribution in [2.24, 2.45) is 0 Å². The number of nitrogens with zero attached hydrogens (tertiary/aromatic N) is 2. The van der Waals surface area contributed by atoms with Crippen LogP contribution in [0.4, 0.5) is 0 Å². The van der Waals surface area contributed by atoms with Crippen LogP contribution >= 0.6 is 0 Å². The molecule has 0 spiro atoms. The second-order valence-electron chi connectivity index (χ2n) is 5.62. The maximum Gasteiger partial charge on any atom is 0.123 e. The highest BCUT2D eigenvalue weighted by Crippen LogP contribution is 2.19. The van der Waals surface area contributed by atoms with Crippen molar-refractivity contribution in [3.8, 4) is 5.75 Å². The number of aromatic amines is 1. The molecular weight excluding hydrogens is 264 g/mol. The van der Waals surface area contributed by atoms with Crippen molar-refractivity contribution < 1.29 is 4.74 Å². The first kappa shape index (κ1) is 14.1. The summed E-state index contributed by atoms with van der Waals surface area (Å²) in [7, 11) is 3.87. The summed E-state index contributed by atoms with van der Waals surface area (Å²) < 4.78 is 5.42. The van der Waals surface area contributed by atoms with E-state index in [2.05, 4.69) is 39.4 Å². The fourth-order valence-corrected chi connectivity index (χ4v) is 2.92. The second kappa shape index (κ2) is 6.28. The van der Waals surface area contributed by atoms with E-state index in [1.54, 1.807) is 13.4 Å². The summed E-state index contributed by atoms with van der Waals surface area (Å²) in [6.45, 7) is 2.75. The summed E-state index contributed by atoms with van der Waals surface area (Å²) >= 11 is 0. The van der Waals surface area contributed by atoms with E-state index in [0.29, 0.717) is 6.04 Å².